The lowest BCUT2D eigenvalue weighted by molar-refractivity contribution is -0.132. The predicted molar refractivity (Wildman–Crippen MR) is 97.6 cm³/mol. The number of hydrogen-bond donors (Lipinski definition) is 2. The molecule has 0 aliphatic carbocycles. The highest BCUT2D eigenvalue weighted by atomic mass is 16.3. The van der Waals surface area contributed by atoms with Crippen LogP contribution in [-0.2, 0) is 9.59 Å². The van der Waals surface area contributed by atoms with Crippen LogP contribution in [0, 0.1) is 6.92 Å². The summed E-state index contributed by atoms with van der Waals surface area (Å²) in [7, 11) is 1.55. The van der Waals surface area contributed by atoms with Crippen LogP contribution in [0.15, 0.2) is 52.2 Å². The number of likely N-dealkylation sites (N-methyl/N-ethyl adjacent to an activating group) is 1. The van der Waals surface area contributed by atoms with Crippen LogP contribution in [0.4, 0.5) is 0 Å². The number of hydrazone groups is 1. The summed E-state index contributed by atoms with van der Waals surface area (Å²) in [5, 5.41) is 11.3. The fourth-order valence-corrected chi connectivity index (χ4v) is 2.82. The summed E-state index contributed by atoms with van der Waals surface area (Å²) in [5.74, 6) is 0.304. The van der Waals surface area contributed by atoms with Crippen molar-refractivity contribution in [2.75, 3.05) is 20.1 Å². The third-order valence-corrected chi connectivity index (χ3v) is 4.26. The van der Waals surface area contributed by atoms with Crippen LogP contribution in [-0.4, -0.2) is 42.7 Å². The number of aryl methyl sites for hydroxylation is 1. The van der Waals surface area contributed by atoms with Crippen molar-refractivity contribution in [3.63, 3.8) is 0 Å². The maximum absolute atomic E-state index is 12.6. The molecule has 0 unspecified atom stereocenters. The number of amides is 2. The Morgan fingerprint density at radius 1 is 1.23 bits per heavy atom. The Morgan fingerprint density at radius 3 is 2.65 bits per heavy atom. The van der Waals surface area contributed by atoms with E-state index in [1.807, 2.05) is 37.3 Å². The summed E-state index contributed by atoms with van der Waals surface area (Å²) >= 11 is 0. The fourth-order valence-electron chi connectivity index (χ4n) is 2.82. The molecule has 1 atom stereocenters. The molecule has 0 fully saturated rings. The van der Waals surface area contributed by atoms with E-state index in [1.54, 1.807) is 19.4 Å². The molecule has 0 spiro atoms. The van der Waals surface area contributed by atoms with Gasteiger partial charge in [0.2, 0.25) is 5.91 Å². The van der Waals surface area contributed by atoms with Crippen LogP contribution >= 0.6 is 0 Å². The minimum absolute atomic E-state index is 0.0231. The van der Waals surface area contributed by atoms with E-state index in [-0.39, 0.29) is 30.9 Å². The second-order valence-electron chi connectivity index (χ2n) is 6.16. The molecule has 1 aliphatic rings. The molecule has 26 heavy (non-hydrogen) atoms. The first kappa shape index (κ1) is 17.9. The van der Waals surface area contributed by atoms with E-state index in [0.29, 0.717) is 12.2 Å². The monoisotopic (exact) mass is 354 g/mol. The highest BCUT2D eigenvalue weighted by Gasteiger charge is 2.34. The van der Waals surface area contributed by atoms with Crippen molar-refractivity contribution in [2.45, 2.75) is 19.4 Å². The average molecular weight is 354 g/mol. The lowest BCUT2D eigenvalue weighted by Crippen LogP contribution is -2.39. The zero-order valence-corrected chi connectivity index (χ0v) is 14.9. The Labute approximate surface area is 152 Å². The van der Waals surface area contributed by atoms with Crippen molar-refractivity contribution >= 4 is 17.5 Å². The molecule has 1 aliphatic heterocycles. The molecule has 0 saturated carbocycles. The van der Waals surface area contributed by atoms with Crippen molar-refractivity contribution in [2.24, 2.45) is 5.10 Å². The number of carbonyl (C=O) groups is 2. The molecule has 0 radical (unpaired) electrons. The number of carbonyl (C=O) groups excluding carboxylic acids is 2. The normalized spacial score (nSPS) is 16.5. The largest absolute Gasteiger partial charge is 0.467 e. The Kier molecular flexibility index (Phi) is 5.48. The van der Waals surface area contributed by atoms with Crippen molar-refractivity contribution in [3.05, 3.63) is 59.5 Å². The standard InChI is InChI=1S/C19H22N4O3/c1-13-5-7-14(8-6-13)15-10-16(17-4-3-9-26-17)23(22-15)19(25)12-21-11-18(24)20-2/h3-9,16,21H,10-12H2,1-2H3,(H,20,24)/t16-/m1/s1. The molecule has 2 N–H and O–H groups in total. The van der Waals surface area contributed by atoms with E-state index in [4.69, 9.17) is 4.42 Å². The van der Waals surface area contributed by atoms with E-state index >= 15 is 0 Å². The average Bonchev–Trinajstić information content (AvgIpc) is 3.31. The minimum Gasteiger partial charge on any atom is -0.467 e. The van der Waals surface area contributed by atoms with Crippen LogP contribution in [0.1, 0.15) is 29.3 Å². The second kappa shape index (κ2) is 7.97. The minimum atomic E-state index is -0.282. The maximum Gasteiger partial charge on any atom is 0.257 e. The summed E-state index contributed by atoms with van der Waals surface area (Å²) < 4.78 is 5.51. The lowest BCUT2D eigenvalue weighted by Gasteiger charge is -2.20. The molecular weight excluding hydrogens is 332 g/mol. The van der Waals surface area contributed by atoms with Gasteiger partial charge in [-0.25, -0.2) is 5.01 Å². The van der Waals surface area contributed by atoms with E-state index in [1.165, 1.54) is 10.6 Å². The van der Waals surface area contributed by atoms with Gasteiger partial charge < -0.3 is 9.73 Å². The molecule has 2 aromatic rings. The number of nitrogens with zero attached hydrogens (tertiary/aromatic N) is 2. The second-order valence-corrected chi connectivity index (χ2v) is 6.16. The SMILES string of the molecule is CNC(=O)CNCC(=O)N1N=C(c2ccc(C)cc2)C[C@@H]1c1ccco1. The number of furan rings is 1. The Bertz CT molecular complexity index is 797. The molecule has 2 amide bonds. The van der Waals surface area contributed by atoms with Gasteiger partial charge in [0.25, 0.3) is 5.91 Å². The summed E-state index contributed by atoms with van der Waals surface area (Å²) in [6.07, 6.45) is 2.17. The quantitative estimate of drug-likeness (QED) is 0.825. The van der Waals surface area contributed by atoms with Gasteiger partial charge in [-0.05, 0) is 24.6 Å². The van der Waals surface area contributed by atoms with Crippen molar-refractivity contribution in [3.8, 4) is 0 Å². The number of nitrogens with one attached hydrogen (secondary N) is 2. The van der Waals surface area contributed by atoms with E-state index in [2.05, 4.69) is 15.7 Å². The van der Waals surface area contributed by atoms with E-state index in [9.17, 15) is 9.59 Å². The molecule has 7 heteroatoms. The van der Waals surface area contributed by atoms with Gasteiger partial charge in [0.1, 0.15) is 11.8 Å². The highest BCUT2D eigenvalue weighted by Crippen LogP contribution is 2.32. The van der Waals surface area contributed by atoms with Gasteiger partial charge in [-0.3, -0.25) is 14.9 Å². The van der Waals surface area contributed by atoms with Gasteiger partial charge in [0.05, 0.1) is 25.1 Å². The zero-order chi connectivity index (χ0) is 18.5. The van der Waals surface area contributed by atoms with Gasteiger partial charge in [-0.15, -0.1) is 0 Å². The number of hydrogen-bond acceptors (Lipinski definition) is 5. The van der Waals surface area contributed by atoms with Gasteiger partial charge in [0.15, 0.2) is 0 Å². The Hall–Kier alpha value is -2.93. The molecule has 136 valence electrons. The molecule has 1 aromatic carbocycles. The van der Waals surface area contributed by atoms with Gasteiger partial charge in [-0.2, -0.15) is 5.10 Å². The van der Waals surface area contributed by atoms with Gasteiger partial charge in [-0.1, -0.05) is 29.8 Å². The molecule has 2 heterocycles. The molecule has 1 aromatic heterocycles. The van der Waals surface area contributed by atoms with Crippen molar-refractivity contribution < 1.29 is 14.0 Å². The molecule has 3 rings (SSSR count). The van der Waals surface area contributed by atoms with Crippen molar-refractivity contribution in [1.29, 1.82) is 0 Å². The van der Waals surface area contributed by atoms with Gasteiger partial charge in [0, 0.05) is 13.5 Å². The summed E-state index contributed by atoms with van der Waals surface area (Å²) in [4.78, 5) is 23.9. The third-order valence-electron chi connectivity index (χ3n) is 4.26. The molecular formula is C19H22N4O3. The van der Waals surface area contributed by atoms with Crippen LogP contribution in [0.3, 0.4) is 0 Å². The Balaban J connectivity index is 1.77. The number of rotatable bonds is 6. The molecule has 0 bridgehead atoms. The Morgan fingerprint density at radius 2 is 2.00 bits per heavy atom. The van der Waals surface area contributed by atoms with Crippen LogP contribution in [0.2, 0.25) is 0 Å². The first-order chi connectivity index (χ1) is 12.6. The molecule has 0 saturated heterocycles. The lowest BCUT2D eigenvalue weighted by atomic mass is 10.0. The third kappa shape index (κ3) is 4.00. The van der Waals surface area contributed by atoms with Crippen LogP contribution < -0.4 is 10.6 Å². The maximum atomic E-state index is 12.6. The first-order valence-corrected chi connectivity index (χ1v) is 8.49. The highest BCUT2D eigenvalue weighted by molar-refractivity contribution is 6.03. The van der Waals surface area contributed by atoms with Crippen LogP contribution in [0.5, 0.6) is 0 Å². The fraction of sp³-hybridized carbons (Fsp3) is 0.316. The zero-order valence-electron chi connectivity index (χ0n) is 14.9. The van der Waals surface area contributed by atoms with Gasteiger partial charge >= 0.3 is 0 Å². The van der Waals surface area contributed by atoms with E-state index in [0.717, 1.165) is 11.3 Å². The summed E-state index contributed by atoms with van der Waals surface area (Å²) in [5.41, 5.74) is 2.99. The molecule has 7 nitrogen and oxygen atoms in total. The summed E-state index contributed by atoms with van der Waals surface area (Å²) in [6, 6.07) is 11.4. The van der Waals surface area contributed by atoms with Crippen LogP contribution in [0.25, 0.3) is 0 Å². The predicted octanol–water partition coefficient (Wildman–Crippen LogP) is 1.60. The van der Waals surface area contributed by atoms with E-state index < -0.39 is 0 Å². The smallest absolute Gasteiger partial charge is 0.257 e. The summed E-state index contributed by atoms with van der Waals surface area (Å²) in [6.45, 7) is 2.13. The first-order valence-electron chi connectivity index (χ1n) is 8.49. The van der Waals surface area contributed by atoms with Crippen molar-refractivity contribution in [1.82, 2.24) is 15.6 Å². The topological polar surface area (TPSA) is 86.9 Å². The number of benzene rings is 1.